The SMILES string of the molecule is CCN(Cc1cc(Br)ccc1F)C(=O)CSc1nncn1-c1cccc(Cl)c1. The first-order valence-corrected chi connectivity index (χ1v) is 10.6. The molecule has 0 aliphatic heterocycles. The summed E-state index contributed by atoms with van der Waals surface area (Å²) in [6.07, 6.45) is 1.58. The molecule has 0 saturated heterocycles. The Bertz CT molecular complexity index is 984. The molecule has 0 bridgehead atoms. The van der Waals surface area contributed by atoms with Gasteiger partial charge in [0.25, 0.3) is 0 Å². The van der Waals surface area contributed by atoms with Crippen molar-refractivity contribution in [3.05, 3.63) is 69.7 Å². The molecule has 3 aromatic rings. The van der Waals surface area contributed by atoms with Crippen LogP contribution < -0.4 is 0 Å². The van der Waals surface area contributed by atoms with Crippen molar-refractivity contribution in [2.75, 3.05) is 12.3 Å². The van der Waals surface area contributed by atoms with E-state index in [1.807, 2.05) is 19.1 Å². The summed E-state index contributed by atoms with van der Waals surface area (Å²) in [5, 5.41) is 9.20. The van der Waals surface area contributed by atoms with Gasteiger partial charge in [-0.25, -0.2) is 4.39 Å². The van der Waals surface area contributed by atoms with Crippen molar-refractivity contribution in [3.8, 4) is 5.69 Å². The van der Waals surface area contributed by atoms with E-state index in [1.165, 1.54) is 17.8 Å². The molecule has 0 aliphatic rings. The average Bonchev–Trinajstić information content (AvgIpc) is 3.15. The number of hydrogen-bond acceptors (Lipinski definition) is 4. The van der Waals surface area contributed by atoms with Crippen LogP contribution in [0.15, 0.2) is 58.4 Å². The van der Waals surface area contributed by atoms with Crippen LogP contribution in [-0.4, -0.2) is 37.9 Å². The Kier molecular flexibility index (Phi) is 7.09. The number of carbonyl (C=O) groups excluding carboxylic acids is 1. The largest absolute Gasteiger partial charge is 0.338 e. The first-order valence-electron chi connectivity index (χ1n) is 8.48. The zero-order valence-electron chi connectivity index (χ0n) is 15.0. The smallest absolute Gasteiger partial charge is 0.233 e. The molecule has 3 rings (SSSR count). The lowest BCUT2D eigenvalue weighted by molar-refractivity contribution is -0.128. The summed E-state index contributed by atoms with van der Waals surface area (Å²) in [5.41, 5.74) is 1.28. The number of thioether (sulfide) groups is 1. The molecule has 5 nitrogen and oxygen atoms in total. The quantitative estimate of drug-likeness (QED) is 0.446. The Labute approximate surface area is 180 Å². The van der Waals surface area contributed by atoms with E-state index in [2.05, 4.69) is 26.1 Å². The van der Waals surface area contributed by atoms with Crippen molar-refractivity contribution in [1.29, 1.82) is 0 Å². The summed E-state index contributed by atoms with van der Waals surface area (Å²) in [5.74, 6) is -0.266. The van der Waals surface area contributed by atoms with Crippen LogP contribution in [0.2, 0.25) is 5.02 Å². The molecule has 2 aromatic carbocycles. The number of rotatable bonds is 7. The van der Waals surface area contributed by atoms with Gasteiger partial charge >= 0.3 is 0 Å². The van der Waals surface area contributed by atoms with Gasteiger partial charge in [0.2, 0.25) is 5.91 Å². The van der Waals surface area contributed by atoms with E-state index in [0.29, 0.717) is 22.3 Å². The summed E-state index contributed by atoms with van der Waals surface area (Å²) in [6, 6.07) is 12.0. The highest BCUT2D eigenvalue weighted by atomic mass is 79.9. The van der Waals surface area contributed by atoms with E-state index in [0.717, 1.165) is 10.2 Å². The fourth-order valence-corrected chi connectivity index (χ4v) is 4.01. The molecule has 0 spiro atoms. The predicted octanol–water partition coefficient (Wildman–Crippen LogP) is 4.96. The van der Waals surface area contributed by atoms with Gasteiger partial charge in [0.1, 0.15) is 12.1 Å². The molecule has 0 aliphatic carbocycles. The van der Waals surface area contributed by atoms with Gasteiger partial charge in [0.15, 0.2) is 5.16 Å². The molecule has 0 atom stereocenters. The van der Waals surface area contributed by atoms with Gasteiger partial charge in [-0.15, -0.1) is 10.2 Å². The molecule has 1 amide bonds. The van der Waals surface area contributed by atoms with Crippen LogP contribution in [-0.2, 0) is 11.3 Å². The van der Waals surface area contributed by atoms with Crippen molar-refractivity contribution in [2.45, 2.75) is 18.6 Å². The van der Waals surface area contributed by atoms with Crippen molar-refractivity contribution < 1.29 is 9.18 Å². The number of hydrogen-bond donors (Lipinski definition) is 0. The van der Waals surface area contributed by atoms with Gasteiger partial charge in [-0.2, -0.15) is 0 Å². The molecule has 0 radical (unpaired) electrons. The standard InChI is InChI=1S/C19H17BrClFN4OS/c1-2-25(10-13-8-14(20)6-7-17(13)22)18(27)11-28-19-24-23-12-26(19)16-5-3-4-15(21)9-16/h3-9,12H,2,10-11H2,1H3. The average molecular weight is 484 g/mol. The molecule has 0 unspecified atom stereocenters. The van der Waals surface area contributed by atoms with Crippen LogP contribution >= 0.6 is 39.3 Å². The van der Waals surface area contributed by atoms with Crippen molar-refractivity contribution in [1.82, 2.24) is 19.7 Å². The third-order valence-electron chi connectivity index (χ3n) is 4.03. The monoisotopic (exact) mass is 482 g/mol. The second-order valence-electron chi connectivity index (χ2n) is 5.90. The highest BCUT2D eigenvalue weighted by Crippen LogP contribution is 2.23. The molecule has 146 valence electrons. The zero-order chi connectivity index (χ0) is 20.1. The van der Waals surface area contributed by atoms with Crippen LogP contribution in [0.25, 0.3) is 5.69 Å². The lowest BCUT2D eigenvalue weighted by Crippen LogP contribution is -2.32. The summed E-state index contributed by atoms with van der Waals surface area (Å²) in [4.78, 5) is 14.3. The molecule has 1 heterocycles. The minimum absolute atomic E-state index is 0.104. The number of amides is 1. The molecule has 0 saturated carbocycles. The number of aromatic nitrogens is 3. The van der Waals surface area contributed by atoms with Crippen molar-refractivity contribution >= 4 is 45.2 Å². The van der Waals surface area contributed by atoms with Crippen molar-refractivity contribution in [3.63, 3.8) is 0 Å². The summed E-state index contributed by atoms with van der Waals surface area (Å²) < 4.78 is 16.6. The van der Waals surface area contributed by atoms with E-state index in [4.69, 9.17) is 11.6 Å². The predicted molar refractivity (Wildman–Crippen MR) is 112 cm³/mol. The molecule has 1 aromatic heterocycles. The Hall–Kier alpha value is -1.90. The van der Waals surface area contributed by atoms with Gasteiger partial charge in [0.05, 0.1) is 11.4 Å². The lowest BCUT2D eigenvalue weighted by atomic mass is 10.2. The lowest BCUT2D eigenvalue weighted by Gasteiger charge is -2.21. The first kappa shape index (κ1) is 20.8. The number of halogens is 3. The Morgan fingerprint density at radius 1 is 1.32 bits per heavy atom. The number of benzene rings is 2. The van der Waals surface area contributed by atoms with Gasteiger partial charge < -0.3 is 4.90 Å². The van der Waals surface area contributed by atoms with E-state index in [-0.39, 0.29) is 24.0 Å². The molecule has 9 heteroatoms. The Morgan fingerprint density at radius 2 is 2.14 bits per heavy atom. The van der Waals surface area contributed by atoms with Crippen LogP contribution in [0.3, 0.4) is 0 Å². The summed E-state index contributed by atoms with van der Waals surface area (Å²) in [7, 11) is 0. The maximum atomic E-state index is 14.0. The number of nitrogens with zero attached hydrogens (tertiary/aromatic N) is 4. The van der Waals surface area contributed by atoms with E-state index in [1.54, 1.807) is 40.1 Å². The normalized spacial score (nSPS) is 10.9. The third kappa shape index (κ3) is 5.12. The maximum Gasteiger partial charge on any atom is 0.233 e. The van der Waals surface area contributed by atoms with Crippen LogP contribution in [0.4, 0.5) is 4.39 Å². The van der Waals surface area contributed by atoms with Crippen LogP contribution in [0.5, 0.6) is 0 Å². The van der Waals surface area contributed by atoms with Gasteiger partial charge in [-0.1, -0.05) is 45.4 Å². The molecular weight excluding hydrogens is 467 g/mol. The third-order valence-corrected chi connectivity index (χ3v) is 5.69. The minimum Gasteiger partial charge on any atom is -0.338 e. The van der Waals surface area contributed by atoms with E-state index in [9.17, 15) is 9.18 Å². The van der Waals surface area contributed by atoms with Crippen molar-refractivity contribution in [2.24, 2.45) is 0 Å². The fraction of sp³-hybridized carbons (Fsp3) is 0.211. The molecule has 0 N–H and O–H groups in total. The van der Waals surface area contributed by atoms with Gasteiger partial charge in [-0.3, -0.25) is 9.36 Å². The molecular formula is C19H17BrClFN4OS. The van der Waals surface area contributed by atoms with Gasteiger partial charge in [-0.05, 0) is 43.3 Å². The topological polar surface area (TPSA) is 51.0 Å². The second kappa shape index (κ2) is 9.54. The van der Waals surface area contributed by atoms with E-state index < -0.39 is 0 Å². The minimum atomic E-state index is -0.331. The highest BCUT2D eigenvalue weighted by Gasteiger charge is 2.17. The zero-order valence-corrected chi connectivity index (χ0v) is 18.1. The molecule has 0 fully saturated rings. The van der Waals surface area contributed by atoms with E-state index >= 15 is 0 Å². The summed E-state index contributed by atoms with van der Waals surface area (Å²) in [6.45, 7) is 2.56. The number of carbonyl (C=O) groups is 1. The van der Waals surface area contributed by atoms with Gasteiger partial charge in [0, 0.05) is 28.1 Å². The van der Waals surface area contributed by atoms with Crippen LogP contribution in [0.1, 0.15) is 12.5 Å². The fourth-order valence-electron chi connectivity index (χ4n) is 2.59. The van der Waals surface area contributed by atoms with Crippen LogP contribution in [0, 0.1) is 5.82 Å². The first-order chi connectivity index (χ1) is 13.5. The summed E-state index contributed by atoms with van der Waals surface area (Å²) >= 11 is 10.7. The Morgan fingerprint density at radius 3 is 2.89 bits per heavy atom. The molecule has 28 heavy (non-hydrogen) atoms. The highest BCUT2D eigenvalue weighted by molar-refractivity contribution is 9.10. The maximum absolute atomic E-state index is 14.0. The Balaban J connectivity index is 1.68. The second-order valence-corrected chi connectivity index (χ2v) is 8.19.